The van der Waals surface area contributed by atoms with Gasteiger partial charge >= 0.3 is 0 Å². The van der Waals surface area contributed by atoms with Gasteiger partial charge in [-0.1, -0.05) is 19.3 Å². The molecular formula is C11H21NO3. The van der Waals surface area contributed by atoms with Crippen LogP contribution in [-0.4, -0.2) is 48.8 Å². The molecule has 0 radical (unpaired) electrons. The molecule has 0 aliphatic heterocycles. The second-order valence-electron chi connectivity index (χ2n) is 4.51. The summed E-state index contributed by atoms with van der Waals surface area (Å²) in [7, 11) is 4.85. The lowest BCUT2D eigenvalue weighted by molar-refractivity contribution is -0.163. The Balaban J connectivity index is 2.75. The van der Waals surface area contributed by atoms with Crippen LogP contribution in [0.5, 0.6) is 0 Å². The molecule has 1 atom stereocenters. The lowest BCUT2D eigenvalue weighted by atomic mass is 9.80. The maximum absolute atomic E-state index is 11.8. The van der Waals surface area contributed by atoms with Crippen molar-refractivity contribution in [3.8, 4) is 0 Å². The molecule has 0 spiro atoms. The Bertz CT molecular complexity index is 222. The van der Waals surface area contributed by atoms with Gasteiger partial charge in [0.2, 0.25) is 0 Å². The minimum Gasteiger partial charge on any atom is -0.387 e. The molecular weight excluding hydrogens is 194 g/mol. The van der Waals surface area contributed by atoms with Crippen LogP contribution < -0.4 is 0 Å². The molecule has 0 saturated heterocycles. The molecule has 1 fully saturated rings. The molecule has 1 rings (SSSR count). The topological polar surface area (TPSA) is 49.8 Å². The highest BCUT2D eigenvalue weighted by Gasteiger charge is 2.43. The van der Waals surface area contributed by atoms with Crippen LogP contribution in [0.2, 0.25) is 0 Å². The SMILES string of the molecule is COC(C(=O)N(C)C)C1(O)CCCCC1. The Kier molecular flexibility index (Phi) is 4.11. The molecule has 0 heterocycles. The number of nitrogens with zero attached hydrogens (tertiary/aromatic N) is 1. The number of rotatable bonds is 3. The lowest BCUT2D eigenvalue weighted by Crippen LogP contribution is -2.53. The summed E-state index contributed by atoms with van der Waals surface area (Å²) in [5.41, 5.74) is -0.964. The largest absolute Gasteiger partial charge is 0.387 e. The van der Waals surface area contributed by atoms with Gasteiger partial charge in [0.25, 0.3) is 5.91 Å². The molecule has 1 aliphatic rings. The zero-order chi connectivity index (χ0) is 11.5. The van der Waals surface area contributed by atoms with Crippen LogP contribution in [0, 0.1) is 0 Å². The van der Waals surface area contributed by atoms with Gasteiger partial charge in [-0.05, 0) is 12.8 Å². The summed E-state index contributed by atoms with van der Waals surface area (Å²) in [6.45, 7) is 0. The molecule has 15 heavy (non-hydrogen) atoms. The van der Waals surface area contributed by atoms with Crippen molar-refractivity contribution in [1.29, 1.82) is 0 Å². The van der Waals surface area contributed by atoms with E-state index in [0.717, 1.165) is 19.3 Å². The molecule has 1 saturated carbocycles. The fourth-order valence-corrected chi connectivity index (χ4v) is 2.21. The molecule has 0 bridgehead atoms. The minimum atomic E-state index is -0.964. The molecule has 88 valence electrons. The van der Waals surface area contributed by atoms with Crippen molar-refractivity contribution < 1.29 is 14.6 Å². The van der Waals surface area contributed by atoms with Crippen LogP contribution in [0.25, 0.3) is 0 Å². The summed E-state index contributed by atoms with van der Waals surface area (Å²) in [6, 6.07) is 0. The second-order valence-corrected chi connectivity index (χ2v) is 4.51. The van der Waals surface area contributed by atoms with Gasteiger partial charge in [-0.15, -0.1) is 0 Å². The molecule has 1 unspecified atom stereocenters. The third-order valence-electron chi connectivity index (χ3n) is 3.11. The fraction of sp³-hybridized carbons (Fsp3) is 0.909. The maximum Gasteiger partial charge on any atom is 0.254 e. The van der Waals surface area contributed by atoms with Crippen molar-refractivity contribution in [2.45, 2.75) is 43.8 Å². The Morgan fingerprint density at radius 1 is 1.33 bits per heavy atom. The first-order valence-electron chi connectivity index (χ1n) is 5.47. The Hall–Kier alpha value is -0.610. The number of likely N-dealkylation sites (N-methyl/N-ethyl adjacent to an activating group) is 1. The first-order valence-corrected chi connectivity index (χ1v) is 5.47. The summed E-state index contributed by atoms with van der Waals surface area (Å²) >= 11 is 0. The van der Waals surface area contributed by atoms with E-state index in [0.29, 0.717) is 12.8 Å². The van der Waals surface area contributed by atoms with Gasteiger partial charge in [0, 0.05) is 21.2 Å². The van der Waals surface area contributed by atoms with E-state index in [2.05, 4.69) is 0 Å². The van der Waals surface area contributed by atoms with Gasteiger partial charge in [0.15, 0.2) is 6.10 Å². The summed E-state index contributed by atoms with van der Waals surface area (Å²) in [5, 5.41) is 10.4. The zero-order valence-electron chi connectivity index (χ0n) is 9.82. The standard InChI is InChI=1S/C11H21NO3/c1-12(2)10(13)9(15-3)11(14)7-5-4-6-8-11/h9,14H,4-8H2,1-3H3. The third-order valence-corrected chi connectivity index (χ3v) is 3.11. The van der Waals surface area contributed by atoms with Crippen LogP contribution in [-0.2, 0) is 9.53 Å². The quantitative estimate of drug-likeness (QED) is 0.757. The Morgan fingerprint density at radius 3 is 2.27 bits per heavy atom. The summed E-state index contributed by atoms with van der Waals surface area (Å²) in [6.07, 6.45) is 3.67. The van der Waals surface area contributed by atoms with E-state index in [4.69, 9.17) is 4.74 Å². The van der Waals surface area contributed by atoms with Gasteiger partial charge in [-0.25, -0.2) is 0 Å². The monoisotopic (exact) mass is 215 g/mol. The van der Waals surface area contributed by atoms with E-state index in [1.807, 2.05) is 0 Å². The maximum atomic E-state index is 11.8. The molecule has 0 aromatic carbocycles. The molecule has 0 aromatic rings. The minimum absolute atomic E-state index is 0.151. The van der Waals surface area contributed by atoms with E-state index < -0.39 is 11.7 Å². The number of carbonyl (C=O) groups excluding carboxylic acids is 1. The Morgan fingerprint density at radius 2 is 1.87 bits per heavy atom. The van der Waals surface area contributed by atoms with Crippen LogP contribution in [0.1, 0.15) is 32.1 Å². The van der Waals surface area contributed by atoms with Crippen molar-refractivity contribution >= 4 is 5.91 Å². The zero-order valence-corrected chi connectivity index (χ0v) is 9.82. The molecule has 1 amide bonds. The number of aliphatic hydroxyl groups is 1. The number of hydrogen-bond acceptors (Lipinski definition) is 3. The van der Waals surface area contributed by atoms with Crippen molar-refractivity contribution in [2.75, 3.05) is 21.2 Å². The van der Waals surface area contributed by atoms with Crippen LogP contribution >= 0.6 is 0 Å². The van der Waals surface area contributed by atoms with Gasteiger partial charge in [-0.2, -0.15) is 0 Å². The highest BCUT2D eigenvalue weighted by molar-refractivity contribution is 5.81. The lowest BCUT2D eigenvalue weighted by Gasteiger charge is -2.38. The number of hydrogen-bond donors (Lipinski definition) is 1. The molecule has 1 aliphatic carbocycles. The van der Waals surface area contributed by atoms with Gasteiger partial charge in [-0.3, -0.25) is 4.79 Å². The van der Waals surface area contributed by atoms with Gasteiger partial charge in [0.1, 0.15) is 0 Å². The van der Waals surface area contributed by atoms with E-state index in [9.17, 15) is 9.90 Å². The van der Waals surface area contributed by atoms with Crippen molar-refractivity contribution in [2.24, 2.45) is 0 Å². The summed E-state index contributed by atoms with van der Waals surface area (Å²) in [4.78, 5) is 13.3. The first-order chi connectivity index (χ1) is 7.01. The van der Waals surface area contributed by atoms with Crippen LogP contribution in [0.4, 0.5) is 0 Å². The molecule has 0 aromatic heterocycles. The normalized spacial score (nSPS) is 22.1. The first kappa shape index (κ1) is 12.5. The Labute approximate surface area is 91.2 Å². The van der Waals surface area contributed by atoms with E-state index in [1.54, 1.807) is 14.1 Å². The van der Waals surface area contributed by atoms with E-state index in [-0.39, 0.29) is 5.91 Å². The average Bonchev–Trinajstić information content (AvgIpc) is 2.19. The van der Waals surface area contributed by atoms with Gasteiger partial charge < -0.3 is 14.7 Å². The van der Waals surface area contributed by atoms with Crippen LogP contribution in [0.15, 0.2) is 0 Å². The highest BCUT2D eigenvalue weighted by atomic mass is 16.5. The van der Waals surface area contributed by atoms with Gasteiger partial charge in [0.05, 0.1) is 5.60 Å². The summed E-state index contributed by atoms with van der Waals surface area (Å²) < 4.78 is 5.17. The van der Waals surface area contributed by atoms with Crippen LogP contribution in [0.3, 0.4) is 0 Å². The number of ether oxygens (including phenoxy) is 1. The van der Waals surface area contributed by atoms with E-state index >= 15 is 0 Å². The molecule has 4 nitrogen and oxygen atoms in total. The summed E-state index contributed by atoms with van der Waals surface area (Å²) in [5.74, 6) is -0.151. The highest BCUT2D eigenvalue weighted by Crippen LogP contribution is 2.32. The number of methoxy groups -OCH3 is 1. The third kappa shape index (κ3) is 2.69. The smallest absolute Gasteiger partial charge is 0.254 e. The predicted octanol–water partition coefficient (Wildman–Crippen LogP) is 0.785. The average molecular weight is 215 g/mol. The van der Waals surface area contributed by atoms with Crippen molar-refractivity contribution in [3.05, 3.63) is 0 Å². The number of amides is 1. The molecule has 1 N–H and O–H groups in total. The predicted molar refractivity (Wildman–Crippen MR) is 57.5 cm³/mol. The number of carbonyl (C=O) groups is 1. The van der Waals surface area contributed by atoms with E-state index in [1.165, 1.54) is 12.0 Å². The second kappa shape index (κ2) is 4.94. The fourth-order valence-electron chi connectivity index (χ4n) is 2.21. The van der Waals surface area contributed by atoms with Crippen molar-refractivity contribution in [1.82, 2.24) is 4.90 Å². The van der Waals surface area contributed by atoms with Crippen molar-refractivity contribution in [3.63, 3.8) is 0 Å². The molecule has 4 heteroatoms.